The summed E-state index contributed by atoms with van der Waals surface area (Å²) in [6, 6.07) is 8.04. The van der Waals surface area contributed by atoms with Gasteiger partial charge in [0.15, 0.2) is 0 Å². The summed E-state index contributed by atoms with van der Waals surface area (Å²) >= 11 is 0. The Balaban J connectivity index is 2.84. The highest BCUT2D eigenvalue weighted by Gasteiger charge is 2.26. The van der Waals surface area contributed by atoms with Crippen LogP contribution in [0.1, 0.15) is 46.6 Å². The third-order valence-corrected chi connectivity index (χ3v) is 2.68. The van der Waals surface area contributed by atoms with Crippen molar-refractivity contribution in [2.45, 2.75) is 52.9 Å². The van der Waals surface area contributed by atoms with Gasteiger partial charge in [0.2, 0.25) is 5.79 Å². The summed E-state index contributed by atoms with van der Waals surface area (Å²) in [7, 11) is 0. The third kappa shape index (κ3) is 4.53. The molecular formula is C16H24O2. The van der Waals surface area contributed by atoms with Crippen molar-refractivity contribution < 1.29 is 9.47 Å². The molecule has 0 radical (unpaired) electrons. The Labute approximate surface area is 111 Å². The minimum absolute atomic E-state index is 0.147. The topological polar surface area (TPSA) is 18.5 Å². The van der Waals surface area contributed by atoms with Crippen LogP contribution in [0, 0.1) is 0 Å². The summed E-state index contributed by atoms with van der Waals surface area (Å²) in [5, 5.41) is 0. The van der Waals surface area contributed by atoms with Crippen molar-refractivity contribution >= 4 is 6.08 Å². The maximum absolute atomic E-state index is 5.99. The molecule has 18 heavy (non-hydrogen) atoms. The van der Waals surface area contributed by atoms with Crippen molar-refractivity contribution in [1.29, 1.82) is 0 Å². The van der Waals surface area contributed by atoms with E-state index in [-0.39, 0.29) is 6.10 Å². The van der Waals surface area contributed by atoms with Crippen LogP contribution in [0.4, 0.5) is 0 Å². The number of allylic oxidation sites excluding steroid dienone is 1. The van der Waals surface area contributed by atoms with Gasteiger partial charge in [0.25, 0.3) is 0 Å². The van der Waals surface area contributed by atoms with E-state index in [1.54, 1.807) is 0 Å². The second kappa shape index (κ2) is 6.60. The van der Waals surface area contributed by atoms with E-state index in [2.05, 4.69) is 19.1 Å². The van der Waals surface area contributed by atoms with Gasteiger partial charge in [-0.3, -0.25) is 0 Å². The lowest BCUT2D eigenvalue weighted by atomic mass is 10.2. The van der Waals surface area contributed by atoms with Crippen molar-refractivity contribution in [3.8, 4) is 5.75 Å². The van der Waals surface area contributed by atoms with Crippen LogP contribution in [-0.4, -0.2) is 11.9 Å². The number of hydrogen-bond donors (Lipinski definition) is 0. The van der Waals surface area contributed by atoms with Gasteiger partial charge >= 0.3 is 0 Å². The lowest BCUT2D eigenvalue weighted by molar-refractivity contribution is -0.193. The second-order valence-electron chi connectivity index (χ2n) is 4.83. The molecule has 1 unspecified atom stereocenters. The van der Waals surface area contributed by atoms with Crippen LogP contribution in [0.2, 0.25) is 0 Å². The maximum atomic E-state index is 5.99. The molecule has 0 aliphatic carbocycles. The van der Waals surface area contributed by atoms with E-state index in [0.717, 1.165) is 17.7 Å². The van der Waals surface area contributed by atoms with Gasteiger partial charge in [-0.15, -0.1) is 0 Å². The molecule has 1 aromatic carbocycles. The minimum Gasteiger partial charge on any atom is -0.463 e. The molecule has 1 aromatic rings. The first-order valence-electron chi connectivity index (χ1n) is 6.58. The van der Waals surface area contributed by atoms with Crippen LogP contribution >= 0.6 is 0 Å². The van der Waals surface area contributed by atoms with Gasteiger partial charge < -0.3 is 9.47 Å². The molecule has 0 aliphatic heterocycles. The molecule has 0 fully saturated rings. The van der Waals surface area contributed by atoms with Crippen LogP contribution in [0.5, 0.6) is 5.75 Å². The summed E-state index contributed by atoms with van der Waals surface area (Å²) in [4.78, 5) is 0. The van der Waals surface area contributed by atoms with Crippen molar-refractivity contribution in [2.75, 3.05) is 0 Å². The standard InChI is InChI=1S/C16H24O2/c1-6-9-14-10-8-11-15(12-14)18-16(5,7-2)17-13(3)4/h6,8-13H,7H2,1-5H3. The molecule has 0 saturated heterocycles. The molecule has 0 aliphatic rings. The predicted octanol–water partition coefficient (Wildman–Crippen LogP) is 4.65. The highest BCUT2D eigenvalue weighted by molar-refractivity contribution is 5.51. The van der Waals surface area contributed by atoms with Crippen molar-refractivity contribution in [3.05, 3.63) is 35.9 Å². The zero-order chi connectivity index (χ0) is 13.6. The highest BCUT2D eigenvalue weighted by Crippen LogP contribution is 2.25. The summed E-state index contributed by atoms with van der Waals surface area (Å²) < 4.78 is 11.8. The molecule has 0 aromatic heterocycles. The Morgan fingerprint density at radius 3 is 2.61 bits per heavy atom. The molecule has 0 saturated carbocycles. The average molecular weight is 248 g/mol. The Kier molecular flexibility index (Phi) is 5.42. The zero-order valence-corrected chi connectivity index (χ0v) is 12.1. The molecule has 0 heterocycles. The molecule has 100 valence electrons. The van der Waals surface area contributed by atoms with Crippen molar-refractivity contribution in [3.63, 3.8) is 0 Å². The van der Waals surface area contributed by atoms with Gasteiger partial charge in [-0.25, -0.2) is 0 Å². The van der Waals surface area contributed by atoms with E-state index in [1.807, 2.05) is 52.0 Å². The smallest absolute Gasteiger partial charge is 0.207 e. The van der Waals surface area contributed by atoms with Gasteiger partial charge in [0.05, 0.1) is 6.10 Å². The fourth-order valence-corrected chi connectivity index (χ4v) is 1.80. The summed E-state index contributed by atoms with van der Waals surface area (Å²) in [5.74, 6) is 0.276. The van der Waals surface area contributed by atoms with Crippen LogP contribution in [-0.2, 0) is 4.74 Å². The normalized spacial score (nSPS) is 15.0. The molecule has 2 heteroatoms. The lowest BCUT2D eigenvalue weighted by Crippen LogP contribution is -2.37. The number of rotatable bonds is 6. The quantitative estimate of drug-likeness (QED) is 0.682. The Morgan fingerprint density at radius 1 is 1.33 bits per heavy atom. The minimum atomic E-state index is -0.567. The molecule has 2 nitrogen and oxygen atoms in total. The Hall–Kier alpha value is -1.28. The lowest BCUT2D eigenvalue weighted by Gasteiger charge is -2.31. The van der Waals surface area contributed by atoms with Crippen molar-refractivity contribution in [2.24, 2.45) is 0 Å². The Bertz CT molecular complexity index is 396. The van der Waals surface area contributed by atoms with Gasteiger partial charge in [0.1, 0.15) is 5.75 Å². The first kappa shape index (κ1) is 14.8. The fourth-order valence-electron chi connectivity index (χ4n) is 1.80. The molecular weight excluding hydrogens is 224 g/mol. The predicted molar refractivity (Wildman–Crippen MR) is 76.7 cm³/mol. The fraction of sp³-hybridized carbons (Fsp3) is 0.500. The first-order chi connectivity index (χ1) is 8.49. The molecule has 0 N–H and O–H groups in total. The number of benzene rings is 1. The van der Waals surface area contributed by atoms with Gasteiger partial charge in [-0.1, -0.05) is 31.2 Å². The number of hydrogen-bond acceptors (Lipinski definition) is 2. The van der Waals surface area contributed by atoms with Crippen LogP contribution in [0.15, 0.2) is 30.3 Å². The first-order valence-corrected chi connectivity index (χ1v) is 6.58. The maximum Gasteiger partial charge on any atom is 0.207 e. The van der Waals surface area contributed by atoms with Crippen LogP contribution < -0.4 is 4.74 Å². The third-order valence-electron chi connectivity index (χ3n) is 2.68. The van der Waals surface area contributed by atoms with E-state index >= 15 is 0 Å². The molecule has 0 spiro atoms. The van der Waals surface area contributed by atoms with E-state index < -0.39 is 5.79 Å². The van der Waals surface area contributed by atoms with Crippen LogP contribution in [0.25, 0.3) is 6.08 Å². The molecule has 1 atom stereocenters. The zero-order valence-electron chi connectivity index (χ0n) is 12.1. The van der Waals surface area contributed by atoms with Crippen molar-refractivity contribution in [1.82, 2.24) is 0 Å². The van der Waals surface area contributed by atoms with E-state index in [1.165, 1.54) is 0 Å². The summed E-state index contributed by atoms with van der Waals surface area (Å²) in [6.07, 6.45) is 5.02. The van der Waals surface area contributed by atoms with E-state index in [4.69, 9.17) is 9.47 Å². The summed E-state index contributed by atoms with van der Waals surface area (Å²) in [6.45, 7) is 10.1. The molecule has 1 rings (SSSR count). The average Bonchev–Trinajstić information content (AvgIpc) is 2.28. The van der Waals surface area contributed by atoms with Gasteiger partial charge in [-0.2, -0.15) is 0 Å². The second-order valence-corrected chi connectivity index (χ2v) is 4.83. The SMILES string of the molecule is CC=Cc1cccc(OC(C)(CC)OC(C)C)c1. The Morgan fingerprint density at radius 2 is 2.06 bits per heavy atom. The van der Waals surface area contributed by atoms with Gasteiger partial charge in [0, 0.05) is 13.3 Å². The molecule has 0 amide bonds. The summed E-state index contributed by atoms with van der Waals surface area (Å²) in [5.41, 5.74) is 1.14. The van der Waals surface area contributed by atoms with E-state index in [9.17, 15) is 0 Å². The van der Waals surface area contributed by atoms with E-state index in [0.29, 0.717) is 0 Å². The number of ether oxygens (including phenoxy) is 2. The molecule has 0 bridgehead atoms. The van der Waals surface area contributed by atoms with Crippen LogP contribution in [0.3, 0.4) is 0 Å². The highest BCUT2D eigenvalue weighted by atomic mass is 16.7. The van der Waals surface area contributed by atoms with Gasteiger partial charge in [-0.05, 0) is 38.5 Å². The monoisotopic (exact) mass is 248 g/mol. The largest absolute Gasteiger partial charge is 0.463 e.